The fourth-order valence-corrected chi connectivity index (χ4v) is 2.66. The molecule has 1 aliphatic rings. The maximum Gasteiger partial charge on any atom is 0.0587 e. The highest BCUT2D eigenvalue weighted by atomic mass is 35.5. The third kappa shape index (κ3) is 4.43. The van der Waals surface area contributed by atoms with Crippen LogP contribution in [0.3, 0.4) is 0 Å². The lowest BCUT2D eigenvalue weighted by Crippen LogP contribution is -2.25. The first-order valence-electron chi connectivity index (χ1n) is 6.52. The van der Waals surface area contributed by atoms with Crippen molar-refractivity contribution in [2.24, 2.45) is 0 Å². The Kier molecular flexibility index (Phi) is 5.77. The van der Waals surface area contributed by atoms with Crippen molar-refractivity contribution in [1.29, 1.82) is 0 Å². The smallest absolute Gasteiger partial charge is 0.0587 e. The van der Waals surface area contributed by atoms with Crippen molar-refractivity contribution in [3.63, 3.8) is 0 Å². The number of benzene rings is 1. The van der Waals surface area contributed by atoms with Crippen molar-refractivity contribution in [3.05, 3.63) is 33.8 Å². The summed E-state index contributed by atoms with van der Waals surface area (Å²) in [6.45, 7) is 2.67. The van der Waals surface area contributed by atoms with Crippen LogP contribution in [0.25, 0.3) is 0 Å². The van der Waals surface area contributed by atoms with Crippen molar-refractivity contribution in [1.82, 2.24) is 5.32 Å². The van der Waals surface area contributed by atoms with Crippen LogP contribution < -0.4 is 5.32 Å². The molecule has 1 aromatic carbocycles. The number of nitrogens with one attached hydrogen (secondary N) is 1. The Morgan fingerprint density at radius 2 is 2.17 bits per heavy atom. The fourth-order valence-electron chi connectivity index (χ4n) is 2.19. The van der Waals surface area contributed by atoms with Gasteiger partial charge in [0.2, 0.25) is 0 Å². The standard InChI is InChI=1S/C14H19Cl2NO/c15-12-5-4-11(14(16)9-12)10-17-7-6-13-3-1-2-8-18-13/h4-5,9,13,17H,1-3,6-8,10H2. The lowest BCUT2D eigenvalue weighted by atomic mass is 10.1. The van der Waals surface area contributed by atoms with Gasteiger partial charge < -0.3 is 10.1 Å². The summed E-state index contributed by atoms with van der Waals surface area (Å²) in [5.41, 5.74) is 1.09. The number of hydrogen-bond donors (Lipinski definition) is 1. The van der Waals surface area contributed by atoms with E-state index in [1.165, 1.54) is 19.3 Å². The van der Waals surface area contributed by atoms with Crippen LogP contribution in [-0.2, 0) is 11.3 Å². The van der Waals surface area contributed by atoms with Gasteiger partial charge in [-0.1, -0.05) is 29.3 Å². The molecule has 1 heterocycles. The molecule has 0 saturated carbocycles. The van der Waals surface area contributed by atoms with Crippen molar-refractivity contribution in [2.75, 3.05) is 13.2 Å². The number of ether oxygens (including phenoxy) is 1. The highest BCUT2D eigenvalue weighted by Crippen LogP contribution is 2.21. The summed E-state index contributed by atoms with van der Waals surface area (Å²) >= 11 is 12.0. The average molecular weight is 288 g/mol. The average Bonchev–Trinajstić information content (AvgIpc) is 2.38. The molecule has 1 N–H and O–H groups in total. The van der Waals surface area contributed by atoms with E-state index in [2.05, 4.69) is 5.32 Å². The molecule has 2 nitrogen and oxygen atoms in total. The van der Waals surface area contributed by atoms with Crippen LogP contribution >= 0.6 is 23.2 Å². The molecular formula is C14H19Cl2NO. The van der Waals surface area contributed by atoms with Crippen molar-refractivity contribution in [2.45, 2.75) is 38.3 Å². The Bertz CT molecular complexity index is 378. The van der Waals surface area contributed by atoms with E-state index < -0.39 is 0 Å². The van der Waals surface area contributed by atoms with Crippen molar-refractivity contribution in [3.8, 4) is 0 Å². The van der Waals surface area contributed by atoms with Crippen LogP contribution in [0.4, 0.5) is 0 Å². The molecule has 1 unspecified atom stereocenters. The Hall–Kier alpha value is -0.280. The van der Waals surface area contributed by atoms with E-state index in [-0.39, 0.29) is 0 Å². The Morgan fingerprint density at radius 3 is 2.89 bits per heavy atom. The summed E-state index contributed by atoms with van der Waals surface area (Å²) in [7, 11) is 0. The van der Waals surface area contributed by atoms with E-state index in [9.17, 15) is 0 Å². The SMILES string of the molecule is Clc1ccc(CNCCC2CCCCO2)c(Cl)c1. The monoisotopic (exact) mass is 287 g/mol. The van der Waals surface area contributed by atoms with E-state index in [0.717, 1.165) is 36.7 Å². The molecule has 18 heavy (non-hydrogen) atoms. The number of halogens is 2. The zero-order valence-corrected chi connectivity index (χ0v) is 11.9. The normalized spacial score (nSPS) is 20.0. The topological polar surface area (TPSA) is 21.3 Å². The van der Waals surface area contributed by atoms with E-state index in [1.54, 1.807) is 6.07 Å². The Balaban J connectivity index is 1.68. The van der Waals surface area contributed by atoms with Gasteiger partial charge in [-0.25, -0.2) is 0 Å². The quantitative estimate of drug-likeness (QED) is 0.826. The molecule has 0 bridgehead atoms. The van der Waals surface area contributed by atoms with Gasteiger partial charge in [-0.2, -0.15) is 0 Å². The third-order valence-corrected chi connectivity index (χ3v) is 3.83. The van der Waals surface area contributed by atoms with Crippen molar-refractivity contribution < 1.29 is 4.74 Å². The second kappa shape index (κ2) is 7.34. The van der Waals surface area contributed by atoms with E-state index in [4.69, 9.17) is 27.9 Å². The molecule has 2 rings (SSSR count). The summed E-state index contributed by atoms with van der Waals surface area (Å²) in [5, 5.41) is 4.81. The predicted molar refractivity (Wildman–Crippen MR) is 76.4 cm³/mol. The van der Waals surface area contributed by atoms with Gasteiger partial charge in [0.1, 0.15) is 0 Å². The molecule has 0 aromatic heterocycles. The minimum absolute atomic E-state index is 0.437. The molecule has 0 aliphatic carbocycles. The lowest BCUT2D eigenvalue weighted by Gasteiger charge is -2.22. The molecule has 0 spiro atoms. The van der Waals surface area contributed by atoms with Gasteiger partial charge in [-0.15, -0.1) is 0 Å². The van der Waals surface area contributed by atoms with E-state index in [0.29, 0.717) is 11.1 Å². The maximum absolute atomic E-state index is 6.11. The Morgan fingerprint density at radius 1 is 1.28 bits per heavy atom. The largest absolute Gasteiger partial charge is 0.378 e. The molecular weight excluding hydrogens is 269 g/mol. The van der Waals surface area contributed by atoms with Gasteiger partial charge in [0.25, 0.3) is 0 Å². The van der Waals surface area contributed by atoms with Gasteiger partial charge in [0.15, 0.2) is 0 Å². The highest BCUT2D eigenvalue weighted by molar-refractivity contribution is 6.35. The summed E-state index contributed by atoms with van der Waals surface area (Å²) in [6.07, 6.45) is 5.22. The van der Waals surface area contributed by atoms with E-state index in [1.807, 2.05) is 12.1 Å². The van der Waals surface area contributed by atoms with Gasteiger partial charge in [0, 0.05) is 23.2 Å². The molecule has 1 saturated heterocycles. The van der Waals surface area contributed by atoms with Gasteiger partial charge >= 0.3 is 0 Å². The molecule has 4 heteroatoms. The van der Waals surface area contributed by atoms with Crippen LogP contribution in [0.1, 0.15) is 31.2 Å². The zero-order chi connectivity index (χ0) is 12.8. The van der Waals surface area contributed by atoms with Crippen LogP contribution in [0, 0.1) is 0 Å². The molecule has 0 amide bonds. The van der Waals surface area contributed by atoms with Crippen LogP contribution in [-0.4, -0.2) is 19.3 Å². The summed E-state index contributed by atoms with van der Waals surface area (Å²) in [5.74, 6) is 0. The number of rotatable bonds is 5. The number of hydrogen-bond acceptors (Lipinski definition) is 2. The van der Waals surface area contributed by atoms with E-state index >= 15 is 0 Å². The van der Waals surface area contributed by atoms with Crippen LogP contribution in [0.15, 0.2) is 18.2 Å². The van der Waals surface area contributed by atoms with Gasteiger partial charge in [-0.3, -0.25) is 0 Å². The first-order valence-corrected chi connectivity index (χ1v) is 7.27. The molecule has 100 valence electrons. The minimum atomic E-state index is 0.437. The van der Waals surface area contributed by atoms with Crippen LogP contribution in [0.5, 0.6) is 0 Å². The second-order valence-corrected chi connectivity index (χ2v) is 5.53. The molecule has 1 atom stereocenters. The molecule has 1 aromatic rings. The second-order valence-electron chi connectivity index (χ2n) is 4.69. The van der Waals surface area contributed by atoms with Crippen LogP contribution in [0.2, 0.25) is 10.0 Å². The summed E-state index contributed by atoms with van der Waals surface area (Å²) in [4.78, 5) is 0. The highest BCUT2D eigenvalue weighted by Gasteiger charge is 2.12. The molecule has 0 radical (unpaired) electrons. The fraction of sp³-hybridized carbons (Fsp3) is 0.571. The summed E-state index contributed by atoms with van der Waals surface area (Å²) < 4.78 is 5.69. The maximum atomic E-state index is 6.11. The van der Waals surface area contributed by atoms with Gasteiger partial charge in [0.05, 0.1) is 6.10 Å². The Labute approximate surface area is 119 Å². The third-order valence-electron chi connectivity index (χ3n) is 3.25. The predicted octanol–water partition coefficient (Wildman–Crippen LogP) is 4.04. The molecule has 1 aliphatic heterocycles. The molecule has 1 fully saturated rings. The van der Waals surface area contributed by atoms with Crippen molar-refractivity contribution >= 4 is 23.2 Å². The zero-order valence-electron chi connectivity index (χ0n) is 10.4. The van der Waals surface area contributed by atoms with Gasteiger partial charge in [-0.05, 0) is 49.9 Å². The first-order chi connectivity index (χ1) is 8.75. The minimum Gasteiger partial charge on any atom is -0.378 e. The first kappa shape index (κ1) is 14.1. The summed E-state index contributed by atoms with van der Waals surface area (Å²) in [6, 6.07) is 5.62. The lowest BCUT2D eigenvalue weighted by molar-refractivity contribution is 0.0115.